The summed E-state index contributed by atoms with van der Waals surface area (Å²) in [5.74, 6) is 2.98. The van der Waals surface area contributed by atoms with Crippen LogP contribution in [0.25, 0.3) is 6.08 Å². The van der Waals surface area contributed by atoms with Crippen LogP contribution in [0.4, 0.5) is 4.79 Å². The molecule has 8 heteroatoms. The third kappa shape index (κ3) is 5.94. The summed E-state index contributed by atoms with van der Waals surface area (Å²) in [6.07, 6.45) is 9.16. The Balaban J connectivity index is 1.96. The molecule has 0 atom stereocenters. The Kier molecular flexibility index (Phi) is 8.51. The highest BCUT2D eigenvalue weighted by Crippen LogP contribution is 2.38. The maximum atomic E-state index is 12.5. The zero-order valence-electron chi connectivity index (χ0n) is 17.9. The van der Waals surface area contributed by atoms with Crippen LogP contribution >= 0.6 is 35.0 Å². The van der Waals surface area contributed by atoms with Gasteiger partial charge in [0.1, 0.15) is 6.61 Å². The molecule has 0 radical (unpaired) electrons. The number of hydrogen-bond acceptors (Lipinski definition) is 5. The summed E-state index contributed by atoms with van der Waals surface area (Å²) in [5, 5.41) is 0.660. The summed E-state index contributed by atoms with van der Waals surface area (Å²) in [6.45, 7) is 6.25. The molecule has 0 bridgehead atoms. The molecule has 2 aromatic rings. The number of terminal acetylenes is 1. The first-order chi connectivity index (χ1) is 15.9. The second kappa shape index (κ2) is 11.3. The van der Waals surface area contributed by atoms with E-state index >= 15 is 0 Å². The maximum Gasteiger partial charge on any atom is 0.294 e. The number of carbonyl (C=O) groups is 2. The number of benzene rings is 2. The molecular formula is C25H21Cl2NO4S. The summed E-state index contributed by atoms with van der Waals surface area (Å²) in [6, 6.07) is 8.85. The van der Waals surface area contributed by atoms with Gasteiger partial charge in [-0.1, -0.05) is 41.3 Å². The van der Waals surface area contributed by atoms with Gasteiger partial charge in [0.2, 0.25) is 0 Å². The van der Waals surface area contributed by atoms with Crippen LogP contribution in [-0.4, -0.2) is 29.2 Å². The number of allylic oxidation sites excluding steroid dienone is 1. The van der Waals surface area contributed by atoms with Crippen molar-refractivity contribution in [3.63, 3.8) is 0 Å². The molecule has 0 unspecified atom stereocenters. The minimum Gasteiger partial charge on any atom is -0.490 e. The third-order valence-corrected chi connectivity index (χ3v) is 6.12. The van der Waals surface area contributed by atoms with Crippen LogP contribution < -0.4 is 9.47 Å². The first kappa shape index (κ1) is 24.8. The molecule has 1 aliphatic rings. The Hall–Kier alpha value is -2.85. The van der Waals surface area contributed by atoms with Gasteiger partial charge in [0.05, 0.1) is 18.1 Å². The summed E-state index contributed by atoms with van der Waals surface area (Å²) in [4.78, 5) is 26.0. The van der Waals surface area contributed by atoms with Gasteiger partial charge in [0.15, 0.2) is 11.5 Å². The van der Waals surface area contributed by atoms with Crippen molar-refractivity contribution in [3.8, 4) is 23.8 Å². The number of amides is 2. The molecule has 2 aromatic carbocycles. The van der Waals surface area contributed by atoms with Gasteiger partial charge in [-0.3, -0.25) is 14.5 Å². The van der Waals surface area contributed by atoms with Gasteiger partial charge in [-0.2, -0.15) is 0 Å². The predicted octanol–water partition coefficient (Wildman–Crippen LogP) is 6.37. The lowest BCUT2D eigenvalue weighted by molar-refractivity contribution is -0.122. The third-order valence-electron chi connectivity index (χ3n) is 4.63. The van der Waals surface area contributed by atoms with E-state index in [0.29, 0.717) is 45.0 Å². The molecule has 1 heterocycles. The average molecular weight is 502 g/mol. The number of nitrogens with zero attached hydrogens (tertiary/aromatic N) is 1. The quantitative estimate of drug-likeness (QED) is 0.227. The fourth-order valence-electron chi connectivity index (χ4n) is 3.17. The number of hydrogen-bond donors (Lipinski definition) is 0. The van der Waals surface area contributed by atoms with Crippen molar-refractivity contribution >= 4 is 52.2 Å². The van der Waals surface area contributed by atoms with Crippen LogP contribution in [-0.2, 0) is 17.8 Å². The normalized spacial score (nSPS) is 14.5. The Morgan fingerprint density at radius 2 is 1.97 bits per heavy atom. The predicted molar refractivity (Wildman–Crippen MR) is 134 cm³/mol. The van der Waals surface area contributed by atoms with Gasteiger partial charge < -0.3 is 9.47 Å². The number of rotatable bonds is 9. The van der Waals surface area contributed by atoms with E-state index in [-0.39, 0.29) is 18.4 Å². The van der Waals surface area contributed by atoms with Gasteiger partial charge in [0, 0.05) is 21.2 Å². The maximum absolute atomic E-state index is 12.5. The van der Waals surface area contributed by atoms with Crippen LogP contribution in [0, 0.1) is 12.3 Å². The fourth-order valence-corrected chi connectivity index (χ4v) is 4.47. The lowest BCUT2D eigenvalue weighted by Gasteiger charge is -2.17. The number of halogens is 2. The fraction of sp³-hybridized carbons (Fsp3) is 0.200. The highest BCUT2D eigenvalue weighted by Gasteiger charge is 2.34. The van der Waals surface area contributed by atoms with Gasteiger partial charge in [-0.25, -0.2) is 0 Å². The molecule has 170 valence electrons. The monoisotopic (exact) mass is 501 g/mol. The molecular weight excluding hydrogens is 481 g/mol. The van der Waals surface area contributed by atoms with Gasteiger partial charge in [0.25, 0.3) is 11.1 Å². The summed E-state index contributed by atoms with van der Waals surface area (Å²) >= 11 is 13.1. The second-order valence-electron chi connectivity index (χ2n) is 6.93. The highest BCUT2D eigenvalue weighted by atomic mass is 35.5. The number of carbonyl (C=O) groups excluding carboxylic acids is 2. The van der Waals surface area contributed by atoms with E-state index in [4.69, 9.17) is 39.1 Å². The number of imide groups is 1. The van der Waals surface area contributed by atoms with Crippen molar-refractivity contribution in [1.29, 1.82) is 0 Å². The van der Waals surface area contributed by atoms with E-state index in [1.165, 1.54) is 0 Å². The Morgan fingerprint density at radius 1 is 1.18 bits per heavy atom. The molecule has 0 aliphatic carbocycles. The van der Waals surface area contributed by atoms with Crippen molar-refractivity contribution in [1.82, 2.24) is 4.90 Å². The molecule has 0 N–H and O–H groups in total. The molecule has 1 saturated heterocycles. The zero-order chi connectivity index (χ0) is 24.0. The van der Waals surface area contributed by atoms with E-state index in [0.717, 1.165) is 27.8 Å². The van der Waals surface area contributed by atoms with Gasteiger partial charge in [-0.05, 0) is 61.0 Å². The van der Waals surface area contributed by atoms with Crippen molar-refractivity contribution < 1.29 is 19.1 Å². The smallest absolute Gasteiger partial charge is 0.294 e. The van der Waals surface area contributed by atoms with Crippen LogP contribution in [0.2, 0.25) is 10.0 Å². The first-order valence-electron chi connectivity index (χ1n) is 10.0. The van der Waals surface area contributed by atoms with E-state index in [2.05, 4.69) is 12.5 Å². The Labute approximate surface area is 207 Å². The van der Waals surface area contributed by atoms with E-state index in [9.17, 15) is 9.59 Å². The first-order valence-corrected chi connectivity index (χ1v) is 11.6. The SMILES string of the molecule is C#CCN1C(=O)S/C(=C/c2cc(CC=C)c(OCc3ccc(Cl)cc3Cl)c(OCC)c2)C1=O. The van der Waals surface area contributed by atoms with Crippen LogP contribution in [0.15, 0.2) is 47.9 Å². The molecule has 3 rings (SSSR count). The van der Waals surface area contributed by atoms with E-state index in [1.807, 2.05) is 13.0 Å². The van der Waals surface area contributed by atoms with Crippen LogP contribution in [0.1, 0.15) is 23.6 Å². The average Bonchev–Trinajstić information content (AvgIpc) is 3.02. The largest absolute Gasteiger partial charge is 0.490 e. The van der Waals surface area contributed by atoms with Crippen LogP contribution in [0.3, 0.4) is 0 Å². The number of ether oxygens (including phenoxy) is 2. The van der Waals surface area contributed by atoms with Gasteiger partial charge >= 0.3 is 0 Å². The molecule has 5 nitrogen and oxygen atoms in total. The Morgan fingerprint density at radius 3 is 2.64 bits per heavy atom. The molecule has 1 aliphatic heterocycles. The molecule has 0 spiro atoms. The minimum absolute atomic E-state index is 0.0616. The van der Waals surface area contributed by atoms with Gasteiger partial charge in [-0.15, -0.1) is 13.0 Å². The summed E-state index contributed by atoms with van der Waals surface area (Å²) in [7, 11) is 0. The lowest BCUT2D eigenvalue weighted by Crippen LogP contribution is -2.28. The molecule has 0 saturated carbocycles. The highest BCUT2D eigenvalue weighted by molar-refractivity contribution is 8.18. The standard InChI is InChI=1S/C25H21Cl2NO4S/c1-4-7-17-11-16(13-22-24(29)28(10-5-2)25(30)33-22)12-21(31-6-3)23(17)32-15-18-8-9-19(26)14-20(18)27/h2,4,8-9,11-14H,1,6-7,10,15H2,3H3/b22-13+. The molecule has 33 heavy (non-hydrogen) atoms. The molecule has 1 fully saturated rings. The van der Waals surface area contributed by atoms with Crippen LogP contribution in [0.5, 0.6) is 11.5 Å². The summed E-state index contributed by atoms with van der Waals surface area (Å²) < 4.78 is 12.0. The zero-order valence-corrected chi connectivity index (χ0v) is 20.2. The summed E-state index contributed by atoms with van der Waals surface area (Å²) in [5.41, 5.74) is 2.29. The molecule has 2 amide bonds. The van der Waals surface area contributed by atoms with Crippen molar-refractivity contribution in [2.45, 2.75) is 20.0 Å². The van der Waals surface area contributed by atoms with E-state index in [1.54, 1.807) is 36.4 Å². The minimum atomic E-state index is -0.413. The number of thioether (sulfide) groups is 1. The lowest BCUT2D eigenvalue weighted by atomic mass is 10.0. The topological polar surface area (TPSA) is 55.8 Å². The van der Waals surface area contributed by atoms with E-state index < -0.39 is 5.91 Å². The Bertz CT molecular complexity index is 1170. The molecule has 0 aromatic heterocycles. The van der Waals surface area contributed by atoms with Crippen molar-refractivity contribution in [2.24, 2.45) is 0 Å². The second-order valence-corrected chi connectivity index (χ2v) is 8.77. The van der Waals surface area contributed by atoms with Crippen molar-refractivity contribution in [2.75, 3.05) is 13.2 Å². The van der Waals surface area contributed by atoms with Crippen molar-refractivity contribution in [3.05, 3.63) is 74.6 Å².